The standard InChI is InChI=1S/C23H23FN6O4S/c1-12-19-20(30-11-14(9-17(30)31)10-18(32)33)26-21(22-25-13(2)27-35-22)29(19)8-7-28(12)23(34)15-3-5-16(24)6-4-15/h3-6,12,14H,7-11H2,1-2H3,(H,32,33)/t12-,14-/m1/s1. The summed E-state index contributed by atoms with van der Waals surface area (Å²) in [6.45, 7) is 4.70. The topological polar surface area (TPSA) is 122 Å². The number of carboxylic acids is 1. The highest BCUT2D eigenvalue weighted by molar-refractivity contribution is 7.09. The van der Waals surface area contributed by atoms with Crippen molar-refractivity contribution < 1.29 is 23.9 Å². The predicted molar refractivity (Wildman–Crippen MR) is 124 cm³/mol. The summed E-state index contributed by atoms with van der Waals surface area (Å²) in [5.74, 6) is -0.558. The van der Waals surface area contributed by atoms with E-state index in [9.17, 15) is 23.9 Å². The number of halogens is 1. The third kappa shape index (κ3) is 4.18. The summed E-state index contributed by atoms with van der Waals surface area (Å²) in [5, 5.41) is 9.80. The molecule has 35 heavy (non-hydrogen) atoms. The summed E-state index contributed by atoms with van der Waals surface area (Å²) in [6.07, 6.45) is 0.0178. The molecule has 4 heterocycles. The number of carbonyl (C=O) groups excluding carboxylic acids is 2. The number of amides is 2. The van der Waals surface area contributed by atoms with Crippen LogP contribution in [0.4, 0.5) is 10.2 Å². The van der Waals surface area contributed by atoms with Gasteiger partial charge in [-0.1, -0.05) is 0 Å². The van der Waals surface area contributed by atoms with Crippen molar-refractivity contribution in [1.82, 2.24) is 23.8 Å². The molecule has 10 nitrogen and oxygen atoms in total. The number of carboxylic acid groups (broad SMARTS) is 1. The molecule has 2 aliphatic heterocycles. The molecular formula is C23H23FN6O4S. The van der Waals surface area contributed by atoms with Crippen LogP contribution in [-0.2, 0) is 16.1 Å². The summed E-state index contributed by atoms with van der Waals surface area (Å²) < 4.78 is 19.6. The first-order chi connectivity index (χ1) is 16.7. The van der Waals surface area contributed by atoms with Gasteiger partial charge in [-0.3, -0.25) is 19.3 Å². The lowest BCUT2D eigenvalue weighted by atomic mass is 10.1. The van der Waals surface area contributed by atoms with Crippen LogP contribution in [0.2, 0.25) is 0 Å². The molecule has 1 fully saturated rings. The molecule has 1 saturated heterocycles. The molecular weight excluding hydrogens is 475 g/mol. The highest BCUT2D eigenvalue weighted by atomic mass is 32.1. The lowest BCUT2D eigenvalue weighted by molar-refractivity contribution is -0.137. The molecule has 2 amide bonds. The Balaban J connectivity index is 1.55. The van der Waals surface area contributed by atoms with Crippen LogP contribution in [0.3, 0.4) is 0 Å². The van der Waals surface area contributed by atoms with Crippen molar-refractivity contribution in [2.45, 2.75) is 39.3 Å². The summed E-state index contributed by atoms with van der Waals surface area (Å²) in [7, 11) is 0. The lowest BCUT2D eigenvalue weighted by Crippen LogP contribution is -2.42. The van der Waals surface area contributed by atoms with Crippen LogP contribution in [-0.4, -0.2) is 59.8 Å². The largest absolute Gasteiger partial charge is 0.481 e. The third-order valence-electron chi connectivity index (χ3n) is 6.41. The van der Waals surface area contributed by atoms with Crippen LogP contribution in [0.5, 0.6) is 0 Å². The molecule has 12 heteroatoms. The summed E-state index contributed by atoms with van der Waals surface area (Å²) >= 11 is 1.21. The van der Waals surface area contributed by atoms with Gasteiger partial charge in [-0.15, -0.1) is 0 Å². The van der Waals surface area contributed by atoms with Gasteiger partial charge in [-0.05, 0) is 55.6 Å². The maximum Gasteiger partial charge on any atom is 0.303 e. The minimum absolute atomic E-state index is 0.106. The first-order valence-corrected chi connectivity index (χ1v) is 12.0. The molecule has 3 aromatic rings. The lowest BCUT2D eigenvalue weighted by Gasteiger charge is -2.36. The molecule has 0 bridgehead atoms. The van der Waals surface area contributed by atoms with Crippen LogP contribution in [0.1, 0.15) is 47.7 Å². The quantitative estimate of drug-likeness (QED) is 0.574. The Hall–Kier alpha value is -3.67. The molecule has 1 aromatic carbocycles. The number of imidazole rings is 1. The molecule has 0 unspecified atom stereocenters. The van der Waals surface area contributed by atoms with Gasteiger partial charge in [0.05, 0.1) is 18.2 Å². The van der Waals surface area contributed by atoms with Crippen LogP contribution in [0.25, 0.3) is 10.8 Å². The predicted octanol–water partition coefficient (Wildman–Crippen LogP) is 2.89. The monoisotopic (exact) mass is 498 g/mol. The van der Waals surface area contributed by atoms with Crippen molar-refractivity contribution in [1.29, 1.82) is 0 Å². The molecule has 1 N–H and O–H groups in total. The van der Waals surface area contributed by atoms with E-state index in [1.807, 2.05) is 11.5 Å². The van der Waals surface area contributed by atoms with E-state index in [4.69, 9.17) is 4.98 Å². The Bertz CT molecular complexity index is 1320. The molecule has 0 aliphatic carbocycles. The van der Waals surface area contributed by atoms with Crippen molar-refractivity contribution >= 4 is 35.1 Å². The fraction of sp³-hybridized carbons (Fsp3) is 0.391. The number of carbonyl (C=O) groups is 3. The molecule has 0 radical (unpaired) electrons. The average Bonchev–Trinajstić information content (AvgIpc) is 3.50. The number of anilines is 1. The number of fused-ring (bicyclic) bond motifs is 1. The number of hydrogen-bond acceptors (Lipinski definition) is 7. The molecule has 0 saturated carbocycles. The van der Waals surface area contributed by atoms with Gasteiger partial charge in [-0.25, -0.2) is 14.4 Å². The Labute approximate surface area is 204 Å². The van der Waals surface area contributed by atoms with Gasteiger partial charge in [0.2, 0.25) is 5.91 Å². The molecule has 0 spiro atoms. The summed E-state index contributed by atoms with van der Waals surface area (Å²) in [6, 6.07) is 4.95. The van der Waals surface area contributed by atoms with E-state index >= 15 is 0 Å². The van der Waals surface area contributed by atoms with Gasteiger partial charge in [-0.2, -0.15) is 4.37 Å². The van der Waals surface area contributed by atoms with E-state index < -0.39 is 17.8 Å². The normalized spacial score (nSPS) is 19.8. The minimum atomic E-state index is -0.953. The van der Waals surface area contributed by atoms with Crippen molar-refractivity contribution in [2.24, 2.45) is 5.92 Å². The smallest absolute Gasteiger partial charge is 0.303 e. The number of rotatable bonds is 5. The summed E-state index contributed by atoms with van der Waals surface area (Å²) in [4.78, 5) is 49.9. The highest BCUT2D eigenvalue weighted by Gasteiger charge is 2.40. The Kier molecular flexibility index (Phi) is 5.83. The maximum atomic E-state index is 13.4. The van der Waals surface area contributed by atoms with E-state index in [1.54, 1.807) is 11.8 Å². The van der Waals surface area contributed by atoms with Gasteiger partial charge in [0, 0.05) is 31.6 Å². The number of aryl methyl sites for hydroxylation is 1. The van der Waals surface area contributed by atoms with Crippen molar-refractivity contribution in [2.75, 3.05) is 18.0 Å². The SMILES string of the molecule is Cc1nsc(-c2nc(N3C[C@@H](CC(=O)O)CC3=O)c3n2CCN(C(=O)c2ccc(F)cc2)[C@@H]3C)n1. The van der Waals surface area contributed by atoms with Crippen LogP contribution >= 0.6 is 11.5 Å². The van der Waals surface area contributed by atoms with Crippen molar-refractivity contribution in [3.05, 3.63) is 47.2 Å². The van der Waals surface area contributed by atoms with Gasteiger partial charge in [0.15, 0.2) is 16.6 Å². The van der Waals surface area contributed by atoms with Gasteiger partial charge in [0.1, 0.15) is 11.6 Å². The van der Waals surface area contributed by atoms with E-state index in [-0.39, 0.29) is 37.1 Å². The van der Waals surface area contributed by atoms with Crippen LogP contribution in [0.15, 0.2) is 24.3 Å². The zero-order chi connectivity index (χ0) is 24.9. The van der Waals surface area contributed by atoms with Crippen molar-refractivity contribution in [3.8, 4) is 10.8 Å². The van der Waals surface area contributed by atoms with Crippen LogP contribution in [0, 0.1) is 18.7 Å². The fourth-order valence-corrected chi connectivity index (χ4v) is 5.47. The maximum absolute atomic E-state index is 13.4. The van der Waals surface area contributed by atoms with Crippen molar-refractivity contribution in [3.63, 3.8) is 0 Å². The van der Waals surface area contributed by atoms with E-state index in [0.717, 1.165) is 0 Å². The Morgan fingerprint density at radius 1 is 1.20 bits per heavy atom. The molecule has 2 aliphatic rings. The highest BCUT2D eigenvalue weighted by Crippen LogP contribution is 2.40. The second kappa shape index (κ2) is 8.84. The Morgan fingerprint density at radius 2 is 1.94 bits per heavy atom. The second-order valence-corrected chi connectivity index (χ2v) is 9.55. The first-order valence-electron chi connectivity index (χ1n) is 11.2. The first kappa shape index (κ1) is 23.1. The average molecular weight is 499 g/mol. The minimum Gasteiger partial charge on any atom is -0.481 e. The fourth-order valence-electron chi connectivity index (χ4n) is 4.80. The second-order valence-electron chi connectivity index (χ2n) is 8.80. The number of benzene rings is 1. The van der Waals surface area contributed by atoms with E-state index in [0.29, 0.717) is 46.8 Å². The molecule has 5 rings (SSSR count). The zero-order valence-electron chi connectivity index (χ0n) is 19.1. The number of hydrogen-bond donors (Lipinski definition) is 1. The van der Waals surface area contributed by atoms with E-state index in [1.165, 1.54) is 40.7 Å². The number of aromatic nitrogens is 4. The zero-order valence-corrected chi connectivity index (χ0v) is 20.0. The molecule has 2 atom stereocenters. The van der Waals surface area contributed by atoms with Gasteiger partial charge >= 0.3 is 5.97 Å². The van der Waals surface area contributed by atoms with E-state index in [2.05, 4.69) is 9.36 Å². The third-order valence-corrected chi connectivity index (χ3v) is 7.21. The molecule has 2 aromatic heterocycles. The summed E-state index contributed by atoms with van der Waals surface area (Å²) in [5.41, 5.74) is 1.05. The van der Waals surface area contributed by atoms with Crippen LogP contribution < -0.4 is 4.90 Å². The van der Waals surface area contributed by atoms with Gasteiger partial charge < -0.3 is 14.6 Å². The number of nitrogens with zero attached hydrogens (tertiary/aromatic N) is 6. The molecule has 182 valence electrons. The van der Waals surface area contributed by atoms with Gasteiger partial charge in [0.25, 0.3) is 5.91 Å². The number of aliphatic carboxylic acids is 1. The Morgan fingerprint density at radius 3 is 2.60 bits per heavy atom.